The van der Waals surface area contributed by atoms with Gasteiger partial charge in [-0.05, 0) is 19.8 Å². The number of hydrogen-bond donors (Lipinski definition) is 2. The molecule has 2 unspecified atom stereocenters. The minimum Gasteiger partial charge on any atom is -0.394 e. The first-order chi connectivity index (χ1) is 10.2. The van der Waals surface area contributed by atoms with Crippen LogP contribution in [0.1, 0.15) is 25.0 Å². The molecule has 1 aliphatic rings. The molecule has 2 rings (SSSR count). The molecule has 0 amide bonds. The molecule has 6 heteroatoms. The Bertz CT molecular complexity index is 504. The third kappa shape index (κ3) is 4.34. The lowest BCUT2D eigenvalue weighted by atomic mass is 10.1. The van der Waals surface area contributed by atoms with Crippen molar-refractivity contribution in [3.05, 3.63) is 24.7 Å². The van der Waals surface area contributed by atoms with Gasteiger partial charge in [0.15, 0.2) is 5.82 Å². The molecule has 1 aromatic heterocycles. The van der Waals surface area contributed by atoms with E-state index in [4.69, 9.17) is 9.84 Å². The number of ether oxygens (including phenoxy) is 1. The number of nitrogens with one attached hydrogen (secondary N) is 1. The molecular weight excluding hydrogens is 268 g/mol. The Morgan fingerprint density at radius 3 is 3.00 bits per heavy atom. The minimum absolute atomic E-state index is 0.0185. The quantitative estimate of drug-likeness (QED) is 0.593. The number of aromatic nitrogens is 2. The van der Waals surface area contributed by atoms with E-state index in [0.717, 1.165) is 30.6 Å². The molecule has 6 nitrogen and oxygen atoms in total. The van der Waals surface area contributed by atoms with Gasteiger partial charge in [-0.1, -0.05) is 6.08 Å². The SMILES string of the molecule is C=CCNc1ncnc(C)c1N=CCC1CCC(CO)O1. The van der Waals surface area contributed by atoms with Crippen molar-refractivity contribution in [1.82, 2.24) is 9.97 Å². The highest BCUT2D eigenvalue weighted by molar-refractivity contribution is 5.71. The summed E-state index contributed by atoms with van der Waals surface area (Å²) in [7, 11) is 0. The molecule has 0 saturated carbocycles. The molecule has 1 saturated heterocycles. The van der Waals surface area contributed by atoms with Gasteiger partial charge < -0.3 is 15.2 Å². The van der Waals surface area contributed by atoms with Gasteiger partial charge in [0.2, 0.25) is 0 Å². The summed E-state index contributed by atoms with van der Waals surface area (Å²) < 4.78 is 5.67. The Hall–Kier alpha value is -1.79. The van der Waals surface area contributed by atoms with Crippen molar-refractivity contribution in [1.29, 1.82) is 0 Å². The molecule has 0 aliphatic carbocycles. The van der Waals surface area contributed by atoms with Gasteiger partial charge in [-0.25, -0.2) is 9.97 Å². The molecule has 0 radical (unpaired) electrons. The van der Waals surface area contributed by atoms with Crippen LogP contribution in [-0.4, -0.2) is 46.6 Å². The lowest BCUT2D eigenvalue weighted by Crippen LogP contribution is -2.14. The van der Waals surface area contributed by atoms with Crippen molar-refractivity contribution in [2.45, 2.75) is 38.4 Å². The summed E-state index contributed by atoms with van der Waals surface area (Å²) in [4.78, 5) is 12.9. The second-order valence-electron chi connectivity index (χ2n) is 5.01. The zero-order valence-corrected chi connectivity index (χ0v) is 12.3. The molecule has 0 aromatic carbocycles. The number of aliphatic imine (C=N–C) groups is 1. The van der Waals surface area contributed by atoms with Crippen LogP contribution in [-0.2, 0) is 4.74 Å². The largest absolute Gasteiger partial charge is 0.394 e. The van der Waals surface area contributed by atoms with Crippen LogP contribution in [0.5, 0.6) is 0 Å². The number of aryl methyl sites for hydroxylation is 1. The summed E-state index contributed by atoms with van der Waals surface area (Å²) in [6, 6.07) is 0. The van der Waals surface area contributed by atoms with Gasteiger partial charge in [-0.3, -0.25) is 4.99 Å². The van der Waals surface area contributed by atoms with E-state index in [9.17, 15) is 0 Å². The van der Waals surface area contributed by atoms with Gasteiger partial charge in [0.1, 0.15) is 12.0 Å². The molecule has 1 aliphatic heterocycles. The van der Waals surface area contributed by atoms with Crippen LogP contribution < -0.4 is 5.32 Å². The first-order valence-electron chi connectivity index (χ1n) is 7.19. The van der Waals surface area contributed by atoms with Crippen LogP contribution in [0.2, 0.25) is 0 Å². The van der Waals surface area contributed by atoms with Crippen molar-refractivity contribution < 1.29 is 9.84 Å². The molecule has 2 heterocycles. The maximum atomic E-state index is 9.05. The van der Waals surface area contributed by atoms with Crippen molar-refractivity contribution in [2.24, 2.45) is 4.99 Å². The van der Waals surface area contributed by atoms with E-state index in [1.165, 1.54) is 6.33 Å². The monoisotopic (exact) mass is 290 g/mol. The van der Waals surface area contributed by atoms with E-state index < -0.39 is 0 Å². The lowest BCUT2D eigenvalue weighted by molar-refractivity contribution is 0.0155. The zero-order valence-electron chi connectivity index (χ0n) is 12.3. The minimum atomic E-state index is -0.0185. The number of anilines is 1. The Balaban J connectivity index is 1.98. The Morgan fingerprint density at radius 1 is 1.48 bits per heavy atom. The van der Waals surface area contributed by atoms with E-state index in [0.29, 0.717) is 12.4 Å². The van der Waals surface area contributed by atoms with Crippen LogP contribution in [0.25, 0.3) is 0 Å². The average Bonchev–Trinajstić information content (AvgIpc) is 2.95. The number of aliphatic hydroxyl groups excluding tert-OH is 1. The molecule has 2 atom stereocenters. The van der Waals surface area contributed by atoms with Crippen LogP contribution in [0, 0.1) is 6.92 Å². The molecule has 2 N–H and O–H groups in total. The number of nitrogens with zero attached hydrogens (tertiary/aromatic N) is 3. The van der Waals surface area contributed by atoms with Crippen LogP contribution >= 0.6 is 0 Å². The Labute approximate surface area is 125 Å². The summed E-state index contributed by atoms with van der Waals surface area (Å²) >= 11 is 0. The fourth-order valence-corrected chi connectivity index (χ4v) is 2.27. The predicted molar refractivity (Wildman–Crippen MR) is 83.2 cm³/mol. The maximum Gasteiger partial charge on any atom is 0.155 e. The molecule has 1 fully saturated rings. The highest BCUT2D eigenvalue weighted by atomic mass is 16.5. The molecular formula is C15H22N4O2. The Morgan fingerprint density at radius 2 is 2.29 bits per heavy atom. The van der Waals surface area contributed by atoms with E-state index in [1.807, 2.05) is 13.1 Å². The van der Waals surface area contributed by atoms with Crippen LogP contribution in [0.3, 0.4) is 0 Å². The van der Waals surface area contributed by atoms with E-state index in [-0.39, 0.29) is 18.8 Å². The molecule has 1 aromatic rings. The van der Waals surface area contributed by atoms with Crippen molar-refractivity contribution in [2.75, 3.05) is 18.5 Å². The third-order valence-electron chi connectivity index (χ3n) is 3.41. The molecule has 0 spiro atoms. The Kier molecular flexibility index (Phi) is 5.83. The van der Waals surface area contributed by atoms with Gasteiger partial charge >= 0.3 is 0 Å². The fourth-order valence-electron chi connectivity index (χ4n) is 2.27. The third-order valence-corrected chi connectivity index (χ3v) is 3.41. The van der Waals surface area contributed by atoms with Crippen molar-refractivity contribution in [3.8, 4) is 0 Å². The lowest BCUT2D eigenvalue weighted by Gasteiger charge is -2.10. The molecule has 0 bridgehead atoms. The number of aliphatic hydroxyl groups is 1. The first-order valence-corrected chi connectivity index (χ1v) is 7.19. The summed E-state index contributed by atoms with van der Waals surface area (Å²) in [5.74, 6) is 0.708. The van der Waals surface area contributed by atoms with Gasteiger partial charge in [-0.2, -0.15) is 0 Å². The maximum absolute atomic E-state index is 9.05. The van der Waals surface area contributed by atoms with E-state index in [2.05, 4.69) is 26.9 Å². The van der Waals surface area contributed by atoms with Crippen LogP contribution in [0.4, 0.5) is 11.5 Å². The summed E-state index contributed by atoms with van der Waals surface area (Å²) in [5.41, 5.74) is 1.57. The topological polar surface area (TPSA) is 79.6 Å². The van der Waals surface area contributed by atoms with Crippen molar-refractivity contribution in [3.63, 3.8) is 0 Å². The van der Waals surface area contributed by atoms with Gasteiger partial charge in [0, 0.05) is 19.2 Å². The number of hydrogen-bond acceptors (Lipinski definition) is 6. The smallest absolute Gasteiger partial charge is 0.155 e. The summed E-state index contributed by atoms with van der Waals surface area (Å²) in [6.07, 6.45) is 7.85. The standard InChI is InChI=1S/C15H22N4O2/c1-3-7-17-15-14(11(2)18-10-19-15)16-8-6-12-4-5-13(9-20)21-12/h3,8,10,12-13,20H,1,4-7,9H2,2H3,(H,17,18,19). The van der Waals surface area contributed by atoms with Gasteiger partial charge in [0.05, 0.1) is 24.5 Å². The van der Waals surface area contributed by atoms with E-state index in [1.54, 1.807) is 6.08 Å². The normalized spacial score (nSPS) is 21.8. The zero-order chi connectivity index (χ0) is 15.1. The van der Waals surface area contributed by atoms with Gasteiger partial charge in [-0.15, -0.1) is 6.58 Å². The highest BCUT2D eigenvalue weighted by Crippen LogP contribution is 2.25. The number of rotatable bonds is 7. The second-order valence-corrected chi connectivity index (χ2v) is 5.01. The van der Waals surface area contributed by atoms with Crippen LogP contribution in [0.15, 0.2) is 24.0 Å². The van der Waals surface area contributed by atoms with Crippen molar-refractivity contribution >= 4 is 17.7 Å². The summed E-state index contributed by atoms with van der Waals surface area (Å²) in [5, 5.41) is 12.2. The fraction of sp³-hybridized carbons (Fsp3) is 0.533. The second kappa shape index (κ2) is 7.85. The highest BCUT2D eigenvalue weighted by Gasteiger charge is 2.23. The molecule has 114 valence electrons. The summed E-state index contributed by atoms with van der Waals surface area (Å²) in [6.45, 7) is 6.30. The van der Waals surface area contributed by atoms with Gasteiger partial charge in [0.25, 0.3) is 0 Å². The first kappa shape index (κ1) is 15.6. The predicted octanol–water partition coefficient (Wildman–Crippen LogP) is 2.02. The molecule has 21 heavy (non-hydrogen) atoms. The van der Waals surface area contributed by atoms with E-state index >= 15 is 0 Å². The average molecular weight is 290 g/mol.